The summed E-state index contributed by atoms with van der Waals surface area (Å²) in [4.78, 5) is 21.8. The summed E-state index contributed by atoms with van der Waals surface area (Å²) in [5.41, 5.74) is -0.753. The first-order valence-corrected chi connectivity index (χ1v) is 4.51. The summed E-state index contributed by atoms with van der Waals surface area (Å²) in [6, 6.07) is 0.0474. The molecule has 0 radical (unpaired) electrons. The zero-order valence-electron chi connectivity index (χ0n) is 8.63. The number of rotatable bonds is 3. The van der Waals surface area contributed by atoms with Gasteiger partial charge in [-0.15, -0.1) is 0 Å². The lowest BCUT2D eigenvalue weighted by atomic mass is 10.1. The van der Waals surface area contributed by atoms with Crippen LogP contribution >= 0.6 is 0 Å². The van der Waals surface area contributed by atoms with Gasteiger partial charge in [0.2, 0.25) is 0 Å². The summed E-state index contributed by atoms with van der Waals surface area (Å²) in [7, 11) is 0. The molecule has 17 heavy (non-hydrogen) atoms. The van der Waals surface area contributed by atoms with Crippen molar-refractivity contribution in [1.82, 2.24) is 5.32 Å². The van der Waals surface area contributed by atoms with E-state index in [1.165, 1.54) is 0 Å². The molecular weight excluding hydrogens is 239 g/mol. The zero-order valence-corrected chi connectivity index (χ0v) is 8.63. The van der Waals surface area contributed by atoms with E-state index in [1.54, 1.807) is 0 Å². The molecule has 0 aliphatic heterocycles. The van der Waals surface area contributed by atoms with Crippen molar-refractivity contribution in [2.75, 3.05) is 0 Å². The molecule has 0 saturated carbocycles. The molecular formula is C10H8F3NO3. The van der Waals surface area contributed by atoms with Crippen molar-refractivity contribution in [2.24, 2.45) is 0 Å². The minimum atomic E-state index is -1.78. The maximum absolute atomic E-state index is 13.1. The van der Waals surface area contributed by atoms with E-state index < -0.39 is 40.9 Å². The monoisotopic (exact) mass is 247 g/mol. The Bertz CT molecular complexity index is 476. The van der Waals surface area contributed by atoms with Crippen LogP contribution in [0.5, 0.6) is 0 Å². The second kappa shape index (κ2) is 4.86. The number of carboxylic acid groups (broad SMARTS) is 1. The van der Waals surface area contributed by atoms with Crippen molar-refractivity contribution < 1.29 is 27.9 Å². The Morgan fingerprint density at radius 3 is 2.35 bits per heavy atom. The topological polar surface area (TPSA) is 66.4 Å². The van der Waals surface area contributed by atoms with E-state index in [9.17, 15) is 22.8 Å². The number of amides is 1. The molecule has 1 amide bonds. The Kier molecular flexibility index (Phi) is 3.72. The molecule has 0 aromatic heterocycles. The summed E-state index contributed by atoms with van der Waals surface area (Å²) < 4.78 is 38.5. The van der Waals surface area contributed by atoms with Gasteiger partial charge in [0.05, 0.1) is 5.56 Å². The molecule has 2 N–H and O–H groups in total. The van der Waals surface area contributed by atoms with E-state index >= 15 is 0 Å². The van der Waals surface area contributed by atoms with Gasteiger partial charge in [-0.05, 0) is 19.1 Å². The molecule has 0 saturated heterocycles. The van der Waals surface area contributed by atoms with Crippen LogP contribution in [0.15, 0.2) is 12.1 Å². The van der Waals surface area contributed by atoms with Gasteiger partial charge in [-0.2, -0.15) is 0 Å². The predicted molar refractivity (Wildman–Crippen MR) is 50.9 cm³/mol. The molecule has 0 aliphatic carbocycles. The number of halogens is 3. The maximum atomic E-state index is 13.1. The fraction of sp³-hybridized carbons (Fsp3) is 0.200. The highest BCUT2D eigenvalue weighted by molar-refractivity contribution is 5.96. The minimum Gasteiger partial charge on any atom is -0.480 e. The maximum Gasteiger partial charge on any atom is 0.325 e. The second-order valence-electron chi connectivity index (χ2n) is 3.26. The van der Waals surface area contributed by atoms with Crippen molar-refractivity contribution >= 4 is 11.9 Å². The fourth-order valence-corrected chi connectivity index (χ4v) is 1.04. The Morgan fingerprint density at radius 1 is 1.24 bits per heavy atom. The van der Waals surface area contributed by atoms with Crippen LogP contribution in [0.4, 0.5) is 13.2 Å². The van der Waals surface area contributed by atoms with Gasteiger partial charge in [-0.1, -0.05) is 0 Å². The van der Waals surface area contributed by atoms with Gasteiger partial charge < -0.3 is 10.4 Å². The first-order valence-electron chi connectivity index (χ1n) is 4.51. The number of carboxylic acids is 1. The molecule has 1 atom stereocenters. The molecule has 0 spiro atoms. The van der Waals surface area contributed by atoms with Crippen molar-refractivity contribution in [3.63, 3.8) is 0 Å². The lowest BCUT2D eigenvalue weighted by Gasteiger charge is -2.10. The Morgan fingerprint density at radius 2 is 1.82 bits per heavy atom. The molecule has 0 aliphatic rings. The highest BCUT2D eigenvalue weighted by atomic mass is 19.2. The van der Waals surface area contributed by atoms with Gasteiger partial charge in [0, 0.05) is 0 Å². The van der Waals surface area contributed by atoms with Gasteiger partial charge in [0.1, 0.15) is 6.04 Å². The van der Waals surface area contributed by atoms with Gasteiger partial charge in [-0.3, -0.25) is 9.59 Å². The number of hydrogen-bond acceptors (Lipinski definition) is 2. The lowest BCUT2D eigenvalue weighted by molar-refractivity contribution is -0.138. The van der Waals surface area contributed by atoms with Crippen molar-refractivity contribution in [3.05, 3.63) is 35.1 Å². The number of hydrogen-bond donors (Lipinski definition) is 2. The molecule has 0 heterocycles. The van der Waals surface area contributed by atoms with Crippen LogP contribution in [0.1, 0.15) is 17.3 Å². The molecule has 1 aromatic rings. The van der Waals surface area contributed by atoms with Gasteiger partial charge >= 0.3 is 5.97 Å². The van der Waals surface area contributed by atoms with Gasteiger partial charge in [-0.25, -0.2) is 13.2 Å². The molecule has 7 heteroatoms. The van der Waals surface area contributed by atoms with Crippen LogP contribution < -0.4 is 5.32 Å². The van der Waals surface area contributed by atoms with Gasteiger partial charge in [0.25, 0.3) is 5.91 Å². The zero-order chi connectivity index (χ0) is 13.2. The van der Waals surface area contributed by atoms with Crippen LogP contribution in [-0.4, -0.2) is 23.0 Å². The molecule has 4 nitrogen and oxygen atoms in total. The third-order valence-electron chi connectivity index (χ3n) is 2.00. The number of carbonyl (C=O) groups is 2. The van der Waals surface area contributed by atoms with Crippen LogP contribution in [0, 0.1) is 17.5 Å². The Hall–Kier alpha value is -2.05. The van der Waals surface area contributed by atoms with Crippen molar-refractivity contribution in [2.45, 2.75) is 13.0 Å². The summed E-state index contributed by atoms with van der Waals surface area (Å²) in [6.45, 7) is 1.15. The predicted octanol–water partition coefficient (Wildman–Crippen LogP) is 1.31. The van der Waals surface area contributed by atoms with Crippen LogP contribution in [0.2, 0.25) is 0 Å². The SMILES string of the molecule is CC(NC(=O)c1ccc(F)c(F)c1F)C(=O)O. The van der Waals surface area contributed by atoms with Crippen molar-refractivity contribution in [1.29, 1.82) is 0 Å². The van der Waals surface area contributed by atoms with E-state index in [2.05, 4.69) is 0 Å². The summed E-state index contributed by atoms with van der Waals surface area (Å²) in [6.07, 6.45) is 0. The minimum absolute atomic E-state index is 0.582. The van der Waals surface area contributed by atoms with Crippen LogP contribution in [-0.2, 0) is 4.79 Å². The van der Waals surface area contributed by atoms with Crippen LogP contribution in [0.3, 0.4) is 0 Å². The highest BCUT2D eigenvalue weighted by Crippen LogP contribution is 2.15. The van der Waals surface area contributed by atoms with E-state index in [0.29, 0.717) is 6.07 Å². The van der Waals surface area contributed by atoms with Gasteiger partial charge in [0.15, 0.2) is 17.5 Å². The number of carbonyl (C=O) groups excluding carboxylic acids is 1. The molecule has 1 unspecified atom stereocenters. The van der Waals surface area contributed by atoms with E-state index in [0.717, 1.165) is 13.0 Å². The molecule has 0 fully saturated rings. The normalized spacial score (nSPS) is 12.0. The van der Waals surface area contributed by atoms with Crippen LogP contribution in [0.25, 0.3) is 0 Å². The fourth-order valence-electron chi connectivity index (χ4n) is 1.04. The molecule has 92 valence electrons. The summed E-state index contributed by atoms with van der Waals surface area (Å²) in [5, 5.41) is 10.4. The van der Waals surface area contributed by atoms with E-state index in [-0.39, 0.29) is 0 Å². The first-order chi connectivity index (χ1) is 7.84. The quantitative estimate of drug-likeness (QED) is 0.791. The average Bonchev–Trinajstić information content (AvgIpc) is 2.25. The largest absolute Gasteiger partial charge is 0.480 e. The Balaban J connectivity index is 2.98. The third-order valence-corrected chi connectivity index (χ3v) is 2.00. The Labute approximate surface area is 94.1 Å². The summed E-state index contributed by atoms with van der Waals surface area (Å²) >= 11 is 0. The number of nitrogens with one attached hydrogen (secondary N) is 1. The molecule has 0 bridgehead atoms. The average molecular weight is 247 g/mol. The van der Waals surface area contributed by atoms with E-state index in [4.69, 9.17) is 5.11 Å². The smallest absolute Gasteiger partial charge is 0.325 e. The highest BCUT2D eigenvalue weighted by Gasteiger charge is 2.21. The first kappa shape index (κ1) is 13.0. The lowest BCUT2D eigenvalue weighted by Crippen LogP contribution is -2.38. The third kappa shape index (κ3) is 2.74. The molecule has 1 aromatic carbocycles. The molecule has 1 rings (SSSR count). The van der Waals surface area contributed by atoms with Crippen molar-refractivity contribution in [3.8, 4) is 0 Å². The number of aliphatic carboxylic acids is 1. The second-order valence-corrected chi connectivity index (χ2v) is 3.26. The standard InChI is InChI=1S/C10H8F3NO3/c1-4(10(16)17)14-9(15)5-2-3-6(11)8(13)7(5)12/h2-4H,1H3,(H,14,15)(H,16,17). The number of benzene rings is 1. The van der Waals surface area contributed by atoms with E-state index in [1.807, 2.05) is 5.32 Å². The summed E-state index contributed by atoms with van der Waals surface area (Å²) in [5.74, 6) is -7.32.